The maximum Gasteiger partial charge on any atom is 0.417 e. The number of hydrogen-bond acceptors (Lipinski definition) is 7. The van der Waals surface area contributed by atoms with E-state index in [0.717, 1.165) is 30.2 Å². The summed E-state index contributed by atoms with van der Waals surface area (Å²) in [5, 5.41) is 3.87. The van der Waals surface area contributed by atoms with E-state index in [0.29, 0.717) is 39.4 Å². The Bertz CT molecular complexity index is 1090. The number of fused-ring (bicyclic) bond motifs is 1. The van der Waals surface area contributed by atoms with E-state index >= 15 is 0 Å². The Morgan fingerprint density at radius 1 is 1.27 bits per heavy atom. The van der Waals surface area contributed by atoms with Gasteiger partial charge in [-0.3, -0.25) is 4.79 Å². The third-order valence-corrected chi connectivity index (χ3v) is 7.62. The number of likely N-dealkylation sites (tertiary alicyclic amines) is 1. The van der Waals surface area contributed by atoms with Gasteiger partial charge < -0.3 is 24.6 Å². The highest BCUT2D eigenvalue weighted by Gasteiger charge is 2.48. The van der Waals surface area contributed by atoms with Crippen LogP contribution in [0.15, 0.2) is 11.4 Å². The average Bonchev–Trinajstić information content (AvgIpc) is 3.16. The molecule has 8 nitrogen and oxygen atoms in total. The number of carbonyl (C=O) groups is 2. The Kier molecular flexibility index (Phi) is 5.39. The molecule has 3 aliphatic rings. The van der Waals surface area contributed by atoms with Gasteiger partial charge in [-0.25, -0.2) is 9.78 Å². The molecule has 2 aromatic rings. The molecule has 12 heteroatoms. The first-order chi connectivity index (χ1) is 15.7. The topological polar surface area (TPSA) is 84.0 Å². The van der Waals surface area contributed by atoms with Crippen LogP contribution in [0.4, 0.5) is 23.8 Å². The number of piperidine rings is 1. The van der Waals surface area contributed by atoms with E-state index in [4.69, 9.17) is 9.47 Å². The van der Waals surface area contributed by atoms with Crippen molar-refractivity contribution >= 4 is 39.4 Å². The number of ether oxygens (including phenoxy) is 2. The molecule has 3 saturated heterocycles. The Morgan fingerprint density at radius 2 is 1.97 bits per heavy atom. The highest BCUT2D eigenvalue weighted by atomic mass is 32.1. The van der Waals surface area contributed by atoms with Crippen LogP contribution in [0.5, 0.6) is 0 Å². The van der Waals surface area contributed by atoms with Crippen LogP contribution in [0.25, 0.3) is 10.2 Å². The molecule has 3 aliphatic heterocycles. The standard InChI is InChI=1S/C21H23F3N4O4S/c1-25-18(29)13-9-33-17-14(21(22,23)24)6-15(26-16(13)17)27-4-2-20(3-5-27)10-28(11-20)19(30)32-12-7-31-8-12/h6,9,12H,2-5,7-8,10-11H2,1H3,(H,25,29). The molecule has 1 spiro atoms. The minimum absolute atomic E-state index is 0.0386. The molecule has 5 rings (SSSR count). The van der Waals surface area contributed by atoms with E-state index < -0.39 is 17.6 Å². The molecule has 0 bridgehead atoms. The first-order valence-corrected chi connectivity index (χ1v) is 11.6. The molecular weight excluding hydrogens is 461 g/mol. The second-order valence-corrected chi connectivity index (χ2v) is 9.70. The SMILES string of the molecule is CNC(=O)c1csc2c(C(F)(F)F)cc(N3CCC4(CC3)CN(C(=O)OC3COC3)C4)nc12. The van der Waals surface area contributed by atoms with Crippen molar-refractivity contribution in [1.29, 1.82) is 0 Å². The van der Waals surface area contributed by atoms with Gasteiger partial charge in [0.05, 0.1) is 34.6 Å². The van der Waals surface area contributed by atoms with Crippen molar-refractivity contribution in [1.82, 2.24) is 15.2 Å². The van der Waals surface area contributed by atoms with Gasteiger partial charge in [-0.15, -0.1) is 11.3 Å². The van der Waals surface area contributed by atoms with Crippen molar-refractivity contribution in [2.75, 3.05) is 51.3 Å². The third kappa shape index (κ3) is 3.99. The Morgan fingerprint density at radius 3 is 2.55 bits per heavy atom. The van der Waals surface area contributed by atoms with E-state index in [-0.39, 0.29) is 39.2 Å². The maximum atomic E-state index is 13.8. The fraction of sp³-hybridized carbons (Fsp3) is 0.571. The first kappa shape index (κ1) is 22.2. The average molecular weight is 485 g/mol. The molecule has 1 N–H and O–H groups in total. The highest BCUT2D eigenvalue weighted by molar-refractivity contribution is 7.17. The number of nitrogens with zero attached hydrogens (tertiary/aromatic N) is 3. The van der Waals surface area contributed by atoms with Gasteiger partial charge in [0.25, 0.3) is 5.91 Å². The predicted molar refractivity (Wildman–Crippen MR) is 115 cm³/mol. The molecule has 2 amide bonds. The lowest BCUT2D eigenvalue weighted by Crippen LogP contribution is -2.62. The van der Waals surface area contributed by atoms with Gasteiger partial charge in [0.2, 0.25) is 0 Å². The molecule has 3 fully saturated rings. The largest absolute Gasteiger partial charge is 0.441 e. The molecule has 0 unspecified atom stereocenters. The van der Waals surface area contributed by atoms with Crippen molar-refractivity contribution in [3.05, 3.63) is 22.6 Å². The summed E-state index contributed by atoms with van der Waals surface area (Å²) in [6.07, 6.45) is -3.60. The molecule has 33 heavy (non-hydrogen) atoms. The van der Waals surface area contributed by atoms with Crippen molar-refractivity contribution in [3.63, 3.8) is 0 Å². The molecule has 0 radical (unpaired) electrons. The van der Waals surface area contributed by atoms with Crippen LogP contribution >= 0.6 is 11.3 Å². The molecule has 2 aromatic heterocycles. The van der Waals surface area contributed by atoms with Crippen molar-refractivity contribution in [2.24, 2.45) is 5.41 Å². The smallest absolute Gasteiger partial charge is 0.417 e. The lowest BCUT2D eigenvalue weighted by molar-refractivity contribution is -0.136. The predicted octanol–water partition coefficient (Wildman–Crippen LogP) is 3.11. The zero-order chi connectivity index (χ0) is 23.4. The van der Waals surface area contributed by atoms with E-state index in [2.05, 4.69) is 10.3 Å². The second kappa shape index (κ2) is 8.01. The number of hydrogen-bond donors (Lipinski definition) is 1. The van der Waals surface area contributed by atoms with Crippen molar-refractivity contribution in [2.45, 2.75) is 25.1 Å². The summed E-state index contributed by atoms with van der Waals surface area (Å²) >= 11 is 0.873. The van der Waals surface area contributed by atoms with Crippen LogP contribution in [0.2, 0.25) is 0 Å². The van der Waals surface area contributed by atoms with Gasteiger partial charge in [0, 0.05) is 44.0 Å². The lowest BCUT2D eigenvalue weighted by Gasteiger charge is -2.53. The number of aromatic nitrogens is 1. The Labute approximate surface area is 191 Å². The zero-order valence-electron chi connectivity index (χ0n) is 17.9. The van der Waals surface area contributed by atoms with Crippen LogP contribution < -0.4 is 10.2 Å². The highest BCUT2D eigenvalue weighted by Crippen LogP contribution is 2.44. The maximum absolute atomic E-state index is 13.8. The number of pyridine rings is 1. The summed E-state index contributed by atoms with van der Waals surface area (Å²) in [5.41, 5.74) is -0.607. The quantitative estimate of drug-likeness (QED) is 0.721. The van der Waals surface area contributed by atoms with E-state index in [9.17, 15) is 22.8 Å². The monoisotopic (exact) mass is 484 g/mol. The van der Waals surface area contributed by atoms with Gasteiger partial charge in [-0.2, -0.15) is 13.2 Å². The summed E-state index contributed by atoms with van der Waals surface area (Å²) in [6, 6.07) is 1.08. The fourth-order valence-electron chi connectivity index (χ4n) is 4.58. The van der Waals surface area contributed by atoms with Gasteiger partial charge in [0.1, 0.15) is 5.82 Å². The molecule has 0 aromatic carbocycles. The van der Waals surface area contributed by atoms with Crippen LogP contribution in [0.3, 0.4) is 0 Å². The van der Waals surface area contributed by atoms with Gasteiger partial charge >= 0.3 is 12.3 Å². The molecule has 0 saturated carbocycles. The number of amides is 2. The number of alkyl halides is 3. The first-order valence-electron chi connectivity index (χ1n) is 10.7. The molecule has 0 atom stereocenters. The molecule has 178 valence electrons. The van der Waals surface area contributed by atoms with E-state index in [1.54, 1.807) is 4.90 Å². The van der Waals surface area contributed by atoms with Gasteiger partial charge in [-0.1, -0.05) is 0 Å². The normalized spacial score (nSPS) is 20.5. The number of nitrogens with one attached hydrogen (secondary N) is 1. The van der Waals surface area contributed by atoms with Crippen LogP contribution in [0.1, 0.15) is 28.8 Å². The van der Waals surface area contributed by atoms with Crippen LogP contribution in [0, 0.1) is 5.41 Å². The number of anilines is 1. The van der Waals surface area contributed by atoms with Crippen LogP contribution in [-0.4, -0.2) is 74.4 Å². The Hall–Kier alpha value is -2.60. The number of halogens is 3. The minimum Gasteiger partial charge on any atom is -0.441 e. The van der Waals surface area contributed by atoms with Crippen molar-refractivity contribution < 1.29 is 32.2 Å². The summed E-state index contributed by atoms with van der Waals surface area (Å²) in [5.74, 6) is -0.250. The number of thiophene rings is 1. The second-order valence-electron chi connectivity index (χ2n) is 8.82. The Balaban J connectivity index is 1.31. The molecule has 5 heterocycles. The third-order valence-electron chi connectivity index (χ3n) is 6.62. The number of carbonyl (C=O) groups excluding carboxylic acids is 2. The van der Waals surface area contributed by atoms with Gasteiger partial charge in [-0.05, 0) is 18.9 Å². The zero-order valence-corrected chi connectivity index (χ0v) is 18.7. The fourth-order valence-corrected chi connectivity index (χ4v) is 5.60. The summed E-state index contributed by atoms with van der Waals surface area (Å²) in [4.78, 5) is 32.3. The van der Waals surface area contributed by atoms with Crippen molar-refractivity contribution in [3.8, 4) is 0 Å². The van der Waals surface area contributed by atoms with Gasteiger partial charge in [0.15, 0.2) is 6.10 Å². The minimum atomic E-state index is -4.56. The summed E-state index contributed by atoms with van der Waals surface area (Å²) < 4.78 is 51.7. The lowest BCUT2D eigenvalue weighted by atomic mass is 9.72. The van der Waals surface area contributed by atoms with E-state index in [1.165, 1.54) is 12.4 Å². The summed E-state index contributed by atoms with van der Waals surface area (Å²) in [7, 11) is 1.43. The van der Waals surface area contributed by atoms with E-state index in [1.807, 2.05) is 4.90 Å². The summed E-state index contributed by atoms with van der Waals surface area (Å²) in [6.45, 7) is 3.08. The number of rotatable bonds is 3. The molecular formula is C21H23F3N4O4S. The van der Waals surface area contributed by atoms with Crippen LogP contribution in [-0.2, 0) is 15.7 Å². The molecule has 0 aliphatic carbocycles.